The normalized spacial score (nSPS) is 11.7. The average Bonchev–Trinajstić information content (AvgIpc) is 3.21. The number of aromatic nitrogens is 4. The maximum atomic E-state index is 13.2. The number of anilines is 1. The van der Waals surface area contributed by atoms with Crippen LogP contribution in [-0.2, 0) is 19.3 Å². The molecule has 3 aromatic rings. The number of rotatable bonds is 5. The minimum Gasteiger partial charge on any atom is -0.467 e. The Morgan fingerprint density at radius 3 is 2.68 bits per heavy atom. The van der Waals surface area contributed by atoms with Crippen molar-refractivity contribution in [2.24, 2.45) is 0 Å². The Morgan fingerprint density at radius 1 is 1.28 bits per heavy atom. The summed E-state index contributed by atoms with van der Waals surface area (Å²) in [5.74, 6) is 0.447. The summed E-state index contributed by atoms with van der Waals surface area (Å²) in [5.41, 5.74) is 0.297. The molecule has 3 rings (SSSR count). The molecule has 0 aliphatic carbocycles. The van der Waals surface area contributed by atoms with Gasteiger partial charge in [-0.15, -0.1) is 0 Å². The highest BCUT2D eigenvalue weighted by atomic mass is 19.4. The second kappa shape index (κ2) is 6.58. The van der Waals surface area contributed by atoms with Crippen molar-refractivity contribution in [2.45, 2.75) is 33.1 Å². The van der Waals surface area contributed by atoms with Crippen molar-refractivity contribution >= 4 is 5.95 Å². The van der Waals surface area contributed by atoms with Gasteiger partial charge in [0.1, 0.15) is 5.76 Å². The van der Waals surface area contributed by atoms with E-state index < -0.39 is 11.9 Å². The number of furan rings is 1. The molecule has 6 nitrogen and oxygen atoms in total. The van der Waals surface area contributed by atoms with E-state index >= 15 is 0 Å². The standard InChI is InChI=1S/C16H16F3N5O/c1-3-24-9-12(10(2)23-24)13-7-14(16(17,18)19)22-15(21-13)20-8-11-5-4-6-25-11/h4-7,9H,3,8H2,1-2H3,(H,20,21,22). The van der Waals surface area contributed by atoms with Crippen LogP contribution in [0.3, 0.4) is 0 Å². The summed E-state index contributed by atoms with van der Waals surface area (Å²) in [7, 11) is 0. The molecule has 25 heavy (non-hydrogen) atoms. The molecular formula is C16H16F3N5O. The SMILES string of the molecule is CCn1cc(-c2cc(C(F)(F)F)nc(NCc3ccco3)n2)c(C)n1. The third-order valence-corrected chi connectivity index (χ3v) is 3.56. The van der Waals surface area contributed by atoms with E-state index in [0.717, 1.165) is 6.07 Å². The van der Waals surface area contributed by atoms with Crippen LogP contribution in [0.25, 0.3) is 11.3 Å². The molecule has 0 amide bonds. The molecule has 0 bridgehead atoms. The molecule has 0 fully saturated rings. The Hall–Kier alpha value is -2.84. The molecule has 3 heterocycles. The van der Waals surface area contributed by atoms with E-state index in [0.29, 0.717) is 23.6 Å². The van der Waals surface area contributed by atoms with Crippen molar-refractivity contribution in [1.29, 1.82) is 0 Å². The van der Waals surface area contributed by atoms with E-state index in [-0.39, 0.29) is 18.2 Å². The molecule has 3 aromatic heterocycles. The van der Waals surface area contributed by atoms with E-state index in [1.165, 1.54) is 6.26 Å². The van der Waals surface area contributed by atoms with Gasteiger partial charge in [0.15, 0.2) is 5.69 Å². The predicted molar refractivity (Wildman–Crippen MR) is 84.7 cm³/mol. The summed E-state index contributed by atoms with van der Waals surface area (Å²) >= 11 is 0. The summed E-state index contributed by atoms with van der Waals surface area (Å²) in [5, 5.41) is 7.02. The zero-order chi connectivity index (χ0) is 18.0. The molecule has 0 aromatic carbocycles. The first kappa shape index (κ1) is 17.0. The lowest BCUT2D eigenvalue weighted by Crippen LogP contribution is -2.12. The lowest BCUT2D eigenvalue weighted by molar-refractivity contribution is -0.141. The maximum absolute atomic E-state index is 13.2. The highest BCUT2D eigenvalue weighted by Gasteiger charge is 2.34. The molecule has 0 saturated carbocycles. The molecular weight excluding hydrogens is 335 g/mol. The van der Waals surface area contributed by atoms with Crippen LogP contribution in [0.15, 0.2) is 35.1 Å². The van der Waals surface area contributed by atoms with E-state index in [2.05, 4.69) is 20.4 Å². The first-order valence-corrected chi connectivity index (χ1v) is 7.63. The molecule has 0 spiro atoms. The number of nitrogens with one attached hydrogen (secondary N) is 1. The first-order valence-electron chi connectivity index (χ1n) is 7.63. The average molecular weight is 351 g/mol. The fourth-order valence-corrected chi connectivity index (χ4v) is 2.32. The number of halogens is 3. The molecule has 0 unspecified atom stereocenters. The largest absolute Gasteiger partial charge is 0.467 e. The molecule has 0 radical (unpaired) electrons. The summed E-state index contributed by atoms with van der Waals surface area (Å²) in [6, 6.07) is 4.33. The number of aryl methyl sites for hydroxylation is 2. The zero-order valence-electron chi connectivity index (χ0n) is 13.6. The topological polar surface area (TPSA) is 68.8 Å². The molecule has 132 valence electrons. The summed E-state index contributed by atoms with van der Waals surface area (Å²) in [4.78, 5) is 7.78. The van der Waals surface area contributed by atoms with Gasteiger partial charge in [0.05, 0.1) is 24.2 Å². The van der Waals surface area contributed by atoms with E-state index in [9.17, 15) is 13.2 Å². The van der Waals surface area contributed by atoms with E-state index in [1.807, 2.05) is 6.92 Å². The molecule has 0 saturated heterocycles. The Kier molecular flexibility index (Phi) is 4.47. The van der Waals surface area contributed by atoms with Gasteiger partial charge in [-0.05, 0) is 32.0 Å². The van der Waals surface area contributed by atoms with E-state index in [4.69, 9.17) is 4.42 Å². The second-order valence-corrected chi connectivity index (χ2v) is 5.38. The fraction of sp³-hybridized carbons (Fsp3) is 0.312. The Labute approximate surface area is 141 Å². The molecule has 9 heteroatoms. The number of hydrogen-bond donors (Lipinski definition) is 1. The van der Waals surface area contributed by atoms with E-state index in [1.54, 1.807) is 29.9 Å². The minimum atomic E-state index is -4.58. The second-order valence-electron chi connectivity index (χ2n) is 5.38. The van der Waals surface area contributed by atoms with Crippen LogP contribution < -0.4 is 5.32 Å². The third kappa shape index (κ3) is 3.81. The zero-order valence-corrected chi connectivity index (χ0v) is 13.6. The van der Waals surface area contributed by atoms with Gasteiger partial charge in [-0.1, -0.05) is 0 Å². The monoisotopic (exact) mass is 351 g/mol. The molecule has 0 atom stereocenters. The maximum Gasteiger partial charge on any atom is 0.433 e. The van der Waals surface area contributed by atoms with Crippen LogP contribution >= 0.6 is 0 Å². The molecule has 0 aliphatic heterocycles. The van der Waals surface area contributed by atoms with Gasteiger partial charge < -0.3 is 9.73 Å². The highest BCUT2D eigenvalue weighted by molar-refractivity contribution is 5.62. The van der Waals surface area contributed by atoms with Gasteiger partial charge in [0, 0.05) is 18.3 Å². The van der Waals surface area contributed by atoms with Gasteiger partial charge in [-0.25, -0.2) is 9.97 Å². The van der Waals surface area contributed by atoms with Gasteiger partial charge in [-0.3, -0.25) is 4.68 Å². The smallest absolute Gasteiger partial charge is 0.433 e. The van der Waals surface area contributed by atoms with Crippen LogP contribution in [0.2, 0.25) is 0 Å². The third-order valence-electron chi connectivity index (χ3n) is 3.56. The summed E-state index contributed by atoms with van der Waals surface area (Å²) in [6.45, 7) is 4.42. The van der Waals surface area contributed by atoms with Crippen LogP contribution in [0, 0.1) is 6.92 Å². The van der Waals surface area contributed by atoms with Crippen molar-refractivity contribution in [3.8, 4) is 11.3 Å². The number of nitrogens with zero attached hydrogens (tertiary/aromatic N) is 4. The van der Waals surface area contributed by atoms with Crippen LogP contribution in [0.1, 0.15) is 24.1 Å². The van der Waals surface area contributed by atoms with Crippen LogP contribution in [0.5, 0.6) is 0 Å². The van der Waals surface area contributed by atoms with Gasteiger partial charge in [-0.2, -0.15) is 18.3 Å². The Bertz CT molecular complexity index is 855. The van der Waals surface area contributed by atoms with Crippen molar-refractivity contribution in [3.63, 3.8) is 0 Å². The first-order chi connectivity index (χ1) is 11.9. The van der Waals surface area contributed by atoms with Crippen molar-refractivity contribution in [2.75, 3.05) is 5.32 Å². The minimum absolute atomic E-state index is 0.120. The highest BCUT2D eigenvalue weighted by Crippen LogP contribution is 2.32. The van der Waals surface area contributed by atoms with Crippen molar-refractivity contribution in [3.05, 3.63) is 47.8 Å². The lowest BCUT2D eigenvalue weighted by Gasteiger charge is -2.11. The van der Waals surface area contributed by atoms with Crippen molar-refractivity contribution in [1.82, 2.24) is 19.7 Å². The number of alkyl halides is 3. The van der Waals surface area contributed by atoms with Crippen LogP contribution in [0.4, 0.5) is 19.1 Å². The Morgan fingerprint density at radius 2 is 2.08 bits per heavy atom. The fourth-order valence-electron chi connectivity index (χ4n) is 2.32. The molecule has 0 aliphatic rings. The number of hydrogen-bond acceptors (Lipinski definition) is 5. The summed E-state index contributed by atoms with van der Waals surface area (Å²) < 4.78 is 46.4. The lowest BCUT2D eigenvalue weighted by atomic mass is 10.1. The van der Waals surface area contributed by atoms with Gasteiger partial charge >= 0.3 is 6.18 Å². The predicted octanol–water partition coefficient (Wildman–Crippen LogP) is 3.89. The van der Waals surface area contributed by atoms with Crippen LogP contribution in [-0.4, -0.2) is 19.7 Å². The van der Waals surface area contributed by atoms with Crippen molar-refractivity contribution < 1.29 is 17.6 Å². The van der Waals surface area contributed by atoms with Gasteiger partial charge in [0.25, 0.3) is 0 Å². The Balaban J connectivity index is 1.98. The quantitative estimate of drug-likeness (QED) is 0.755. The summed E-state index contributed by atoms with van der Waals surface area (Å²) in [6.07, 6.45) is -1.42. The molecule has 1 N–H and O–H groups in total. The van der Waals surface area contributed by atoms with Gasteiger partial charge in [0.2, 0.25) is 5.95 Å².